The zero-order chi connectivity index (χ0) is 16.3. The molecule has 1 aromatic carbocycles. The number of nitrogens with zero attached hydrogens (tertiary/aromatic N) is 2. The van der Waals surface area contributed by atoms with Crippen LogP contribution in [0.15, 0.2) is 24.3 Å². The fourth-order valence-electron chi connectivity index (χ4n) is 1.94. The van der Waals surface area contributed by atoms with Gasteiger partial charge in [0.25, 0.3) is 5.91 Å². The Morgan fingerprint density at radius 3 is 2.50 bits per heavy atom. The number of hydrogen-bond acceptors (Lipinski definition) is 5. The van der Waals surface area contributed by atoms with Gasteiger partial charge in [0.2, 0.25) is 5.13 Å². The SMILES string of the molecule is CC(O)Cc1nsc(NC(=O)c2ccc(C(C)(C)C)cc2)n1. The van der Waals surface area contributed by atoms with Crippen LogP contribution in [0.2, 0.25) is 0 Å². The largest absolute Gasteiger partial charge is 0.393 e. The number of anilines is 1. The van der Waals surface area contributed by atoms with E-state index in [2.05, 4.69) is 35.4 Å². The van der Waals surface area contributed by atoms with Crippen molar-refractivity contribution in [3.8, 4) is 0 Å². The highest BCUT2D eigenvalue weighted by Crippen LogP contribution is 2.22. The van der Waals surface area contributed by atoms with Crippen LogP contribution in [0.5, 0.6) is 0 Å². The maximum absolute atomic E-state index is 12.2. The summed E-state index contributed by atoms with van der Waals surface area (Å²) >= 11 is 1.12. The third-order valence-electron chi connectivity index (χ3n) is 3.18. The van der Waals surface area contributed by atoms with Gasteiger partial charge in [-0.2, -0.15) is 4.37 Å². The molecule has 118 valence electrons. The minimum atomic E-state index is -0.497. The molecular formula is C16H21N3O2S. The predicted octanol–water partition coefficient (Wildman–Crippen LogP) is 3.01. The molecule has 0 aliphatic carbocycles. The molecule has 0 aliphatic rings. The fourth-order valence-corrected chi connectivity index (χ4v) is 2.53. The first-order chi connectivity index (χ1) is 10.3. The van der Waals surface area contributed by atoms with Gasteiger partial charge in [0.15, 0.2) is 0 Å². The highest BCUT2D eigenvalue weighted by molar-refractivity contribution is 7.09. The minimum absolute atomic E-state index is 0.0596. The topological polar surface area (TPSA) is 75.1 Å². The number of carbonyl (C=O) groups excluding carboxylic acids is 1. The van der Waals surface area contributed by atoms with E-state index in [9.17, 15) is 9.90 Å². The first kappa shape index (κ1) is 16.6. The van der Waals surface area contributed by atoms with Gasteiger partial charge >= 0.3 is 0 Å². The summed E-state index contributed by atoms with van der Waals surface area (Å²) in [5, 5.41) is 12.5. The van der Waals surface area contributed by atoms with E-state index >= 15 is 0 Å². The van der Waals surface area contributed by atoms with E-state index in [-0.39, 0.29) is 11.3 Å². The second kappa shape index (κ2) is 6.54. The molecule has 2 aromatic rings. The molecule has 1 unspecified atom stereocenters. The van der Waals surface area contributed by atoms with Crippen molar-refractivity contribution in [2.75, 3.05) is 5.32 Å². The van der Waals surface area contributed by atoms with Gasteiger partial charge in [0.1, 0.15) is 5.82 Å². The van der Waals surface area contributed by atoms with Gasteiger partial charge in [0.05, 0.1) is 6.10 Å². The number of aromatic nitrogens is 2. The summed E-state index contributed by atoms with van der Waals surface area (Å²) in [6.45, 7) is 8.07. The quantitative estimate of drug-likeness (QED) is 0.908. The standard InChI is InChI=1S/C16H21N3O2S/c1-10(20)9-13-17-15(22-19-13)18-14(21)11-5-7-12(8-6-11)16(2,3)4/h5-8,10,20H,9H2,1-4H3,(H,17,18,19,21). The van der Waals surface area contributed by atoms with Gasteiger partial charge in [-0.15, -0.1) is 0 Å². The highest BCUT2D eigenvalue weighted by atomic mass is 32.1. The van der Waals surface area contributed by atoms with Gasteiger partial charge in [-0.25, -0.2) is 4.98 Å². The van der Waals surface area contributed by atoms with Crippen molar-refractivity contribution in [3.63, 3.8) is 0 Å². The van der Waals surface area contributed by atoms with Gasteiger partial charge in [-0.1, -0.05) is 32.9 Å². The van der Waals surface area contributed by atoms with Gasteiger partial charge in [-0.05, 0) is 30.0 Å². The maximum atomic E-state index is 12.2. The van der Waals surface area contributed by atoms with E-state index in [1.54, 1.807) is 6.92 Å². The Morgan fingerprint density at radius 1 is 1.32 bits per heavy atom. The number of rotatable bonds is 4. The van der Waals surface area contributed by atoms with E-state index in [0.29, 0.717) is 22.9 Å². The van der Waals surface area contributed by atoms with Crippen LogP contribution in [0, 0.1) is 0 Å². The van der Waals surface area contributed by atoms with E-state index in [4.69, 9.17) is 0 Å². The zero-order valence-electron chi connectivity index (χ0n) is 13.3. The molecule has 6 heteroatoms. The van der Waals surface area contributed by atoms with Gasteiger partial charge < -0.3 is 5.11 Å². The van der Waals surface area contributed by atoms with Crippen LogP contribution in [-0.2, 0) is 11.8 Å². The molecule has 0 radical (unpaired) electrons. The number of benzene rings is 1. The number of carbonyl (C=O) groups is 1. The van der Waals surface area contributed by atoms with E-state index in [1.165, 1.54) is 5.56 Å². The number of aliphatic hydroxyl groups is 1. The molecule has 22 heavy (non-hydrogen) atoms. The molecule has 0 fully saturated rings. The molecule has 1 aromatic heterocycles. The Morgan fingerprint density at radius 2 is 1.95 bits per heavy atom. The average Bonchev–Trinajstić information content (AvgIpc) is 2.84. The van der Waals surface area contributed by atoms with Gasteiger partial charge in [0, 0.05) is 23.5 Å². The van der Waals surface area contributed by atoms with Crippen molar-refractivity contribution in [3.05, 3.63) is 41.2 Å². The van der Waals surface area contributed by atoms with Crippen LogP contribution in [0.1, 0.15) is 49.4 Å². The Labute approximate surface area is 134 Å². The van der Waals surface area contributed by atoms with Crippen LogP contribution in [0.3, 0.4) is 0 Å². The number of aliphatic hydroxyl groups excluding tert-OH is 1. The van der Waals surface area contributed by atoms with Crippen molar-refractivity contribution in [1.29, 1.82) is 0 Å². The minimum Gasteiger partial charge on any atom is -0.393 e. The molecule has 2 rings (SSSR count). The Bertz CT molecular complexity index is 642. The second-order valence-electron chi connectivity index (χ2n) is 6.35. The van der Waals surface area contributed by atoms with Crippen molar-refractivity contribution >= 4 is 22.6 Å². The summed E-state index contributed by atoms with van der Waals surface area (Å²) in [6, 6.07) is 7.56. The Balaban J connectivity index is 2.04. The highest BCUT2D eigenvalue weighted by Gasteiger charge is 2.15. The summed E-state index contributed by atoms with van der Waals surface area (Å²) in [4.78, 5) is 16.4. The molecule has 2 N–H and O–H groups in total. The van der Waals surface area contributed by atoms with Crippen molar-refractivity contribution < 1.29 is 9.90 Å². The lowest BCUT2D eigenvalue weighted by atomic mass is 9.87. The molecular weight excluding hydrogens is 298 g/mol. The lowest BCUT2D eigenvalue weighted by Crippen LogP contribution is -2.14. The predicted molar refractivity (Wildman–Crippen MR) is 88.4 cm³/mol. The molecule has 0 saturated heterocycles. The summed E-state index contributed by atoms with van der Waals surface area (Å²) in [6.07, 6.45) is -0.116. The Kier molecular flexibility index (Phi) is 4.93. The molecule has 0 bridgehead atoms. The monoisotopic (exact) mass is 319 g/mol. The first-order valence-electron chi connectivity index (χ1n) is 7.18. The van der Waals surface area contributed by atoms with Crippen molar-refractivity contribution in [1.82, 2.24) is 9.36 Å². The second-order valence-corrected chi connectivity index (χ2v) is 7.10. The van der Waals surface area contributed by atoms with E-state index < -0.39 is 6.10 Å². The number of nitrogens with one attached hydrogen (secondary N) is 1. The average molecular weight is 319 g/mol. The molecule has 0 spiro atoms. The summed E-state index contributed by atoms with van der Waals surface area (Å²) in [5.41, 5.74) is 1.82. The maximum Gasteiger partial charge on any atom is 0.257 e. The zero-order valence-corrected chi connectivity index (χ0v) is 14.1. The smallest absolute Gasteiger partial charge is 0.257 e. The summed E-state index contributed by atoms with van der Waals surface area (Å²) < 4.78 is 4.11. The molecule has 0 saturated carbocycles. The van der Waals surface area contributed by atoms with E-state index in [0.717, 1.165) is 11.5 Å². The Hall–Kier alpha value is -1.79. The third-order valence-corrected chi connectivity index (χ3v) is 3.85. The summed E-state index contributed by atoms with van der Waals surface area (Å²) in [7, 11) is 0. The van der Waals surface area contributed by atoms with Crippen LogP contribution < -0.4 is 5.32 Å². The molecule has 5 nitrogen and oxygen atoms in total. The molecule has 0 aliphatic heterocycles. The number of hydrogen-bond donors (Lipinski definition) is 2. The normalized spacial score (nSPS) is 13.0. The molecule has 1 amide bonds. The van der Waals surface area contributed by atoms with Gasteiger partial charge in [-0.3, -0.25) is 10.1 Å². The van der Waals surface area contributed by atoms with Crippen LogP contribution in [0.25, 0.3) is 0 Å². The van der Waals surface area contributed by atoms with Crippen LogP contribution in [-0.4, -0.2) is 26.5 Å². The summed E-state index contributed by atoms with van der Waals surface area (Å²) in [5.74, 6) is 0.332. The fraction of sp³-hybridized carbons (Fsp3) is 0.438. The number of amides is 1. The first-order valence-corrected chi connectivity index (χ1v) is 7.95. The lowest BCUT2D eigenvalue weighted by molar-refractivity contribution is 0.102. The van der Waals surface area contributed by atoms with Crippen molar-refractivity contribution in [2.45, 2.75) is 45.6 Å². The van der Waals surface area contributed by atoms with Crippen LogP contribution >= 0.6 is 11.5 Å². The lowest BCUT2D eigenvalue weighted by Gasteiger charge is -2.18. The van der Waals surface area contributed by atoms with E-state index in [1.807, 2.05) is 24.3 Å². The molecule has 1 heterocycles. The molecule has 1 atom stereocenters. The van der Waals surface area contributed by atoms with Crippen LogP contribution in [0.4, 0.5) is 5.13 Å². The third kappa shape index (κ3) is 4.35. The van der Waals surface area contributed by atoms with Crippen molar-refractivity contribution in [2.24, 2.45) is 0 Å².